The molecule has 1 aliphatic carbocycles. The van der Waals surface area contributed by atoms with Gasteiger partial charge in [0.1, 0.15) is 11.9 Å². The zero-order chi connectivity index (χ0) is 9.54. The molecule has 1 nitrogen and oxygen atoms in total. The molecule has 1 aromatic carbocycles. The van der Waals surface area contributed by atoms with Gasteiger partial charge in [0.15, 0.2) is 0 Å². The zero-order valence-corrected chi connectivity index (χ0v) is 9.59. The Kier molecular flexibility index (Phi) is 2.05. The molecule has 0 amide bonds. The minimum absolute atomic E-state index is 0.456. The molecule has 74 valence electrons. The van der Waals surface area contributed by atoms with Crippen molar-refractivity contribution in [3.05, 3.63) is 28.2 Å². The first-order chi connectivity index (χ1) is 6.86. The van der Waals surface area contributed by atoms with Crippen LogP contribution in [0.5, 0.6) is 5.75 Å². The lowest BCUT2D eigenvalue weighted by Crippen LogP contribution is -2.22. The number of hydrogen-bond donors (Lipinski definition) is 0. The summed E-state index contributed by atoms with van der Waals surface area (Å²) in [5.74, 6) is 1.76. The van der Waals surface area contributed by atoms with Gasteiger partial charge >= 0.3 is 0 Å². The van der Waals surface area contributed by atoms with Crippen LogP contribution >= 0.6 is 15.9 Å². The summed E-state index contributed by atoms with van der Waals surface area (Å²) in [6, 6.07) is 6.28. The Morgan fingerprint density at radius 2 is 2.07 bits per heavy atom. The number of hydrogen-bond acceptors (Lipinski definition) is 1. The van der Waals surface area contributed by atoms with E-state index in [1.807, 2.05) is 0 Å². The second kappa shape index (κ2) is 3.27. The van der Waals surface area contributed by atoms with Crippen molar-refractivity contribution < 1.29 is 4.74 Å². The molecule has 0 bridgehead atoms. The fourth-order valence-corrected chi connectivity index (χ4v) is 3.35. The molecule has 0 aromatic heterocycles. The molecule has 0 saturated heterocycles. The van der Waals surface area contributed by atoms with Crippen molar-refractivity contribution in [3.8, 4) is 5.75 Å². The molecule has 2 aliphatic rings. The Hall–Kier alpha value is -0.500. The maximum atomic E-state index is 5.96. The van der Waals surface area contributed by atoms with E-state index >= 15 is 0 Å². The summed E-state index contributed by atoms with van der Waals surface area (Å²) in [7, 11) is 0. The molecule has 2 unspecified atom stereocenters. The van der Waals surface area contributed by atoms with E-state index in [0.29, 0.717) is 12.0 Å². The first-order valence-electron chi connectivity index (χ1n) is 5.31. The van der Waals surface area contributed by atoms with Crippen LogP contribution in [0.1, 0.15) is 37.2 Å². The summed E-state index contributed by atoms with van der Waals surface area (Å²) < 4.78 is 7.19. The summed E-state index contributed by atoms with van der Waals surface area (Å²) in [5.41, 5.74) is 1.41. The fraction of sp³-hybridized carbons (Fsp3) is 0.500. The number of ether oxygens (including phenoxy) is 1. The van der Waals surface area contributed by atoms with E-state index in [1.165, 1.54) is 35.7 Å². The van der Waals surface area contributed by atoms with Gasteiger partial charge in [-0.25, -0.2) is 0 Å². The molecular weight excluding hydrogens is 240 g/mol. The van der Waals surface area contributed by atoms with Crippen molar-refractivity contribution in [2.75, 3.05) is 0 Å². The van der Waals surface area contributed by atoms with E-state index in [2.05, 4.69) is 34.1 Å². The molecule has 0 spiro atoms. The maximum Gasteiger partial charge on any atom is 0.124 e. The minimum atomic E-state index is 0.456. The third-order valence-electron chi connectivity index (χ3n) is 3.36. The summed E-state index contributed by atoms with van der Waals surface area (Å²) >= 11 is 3.63. The largest absolute Gasteiger partial charge is 0.489 e. The third-order valence-corrected chi connectivity index (χ3v) is 4.06. The van der Waals surface area contributed by atoms with E-state index in [-0.39, 0.29) is 0 Å². The van der Waals surface area contributed by atoms with Crippen LogP contribution in [0.25, 0.3) is 0 Å². The van der Waals surface area contributed by atoms with Gasteiger partial charge in [0, 0.05) is 16.0 Å². The number of halogens is 1. The molecule has 14 heavy (non-hydrogen) atoms. The highest BCUT2D eigenvalue weighted by Gasteiger charge is 2.37. The summed E-state index contributed by atoms with van der Waals surface area (Å²) in [6.07, 6.45) is 5.65. The molecule has 0 N–H and O–H groups in total. The highest BCUT2D eigenvalue weighted by Crippen LogP contribution is 2.48. The van der Waals surface area contributed by atoms with E-state index in [9.17, 15) is 0 Å². The third kappa shape index (κ3) is 1.20. The molecule has 2 atom stereocenters. The predicted molar refractivity (Wildman–Crippen MR) is 59.8 cm³/mol. The second-order valence-corrected chi connectivity index (χ2v) is 5.05. The summed E-state index contributed by atoms with van der Waals surface area (Å²) in [6.45, 7) is 0. The van der Waals surface area contributed by atoms with Gasteiger partial charge in [-0.2, -0.15) is 0 Å². The van der Waals surface area contributed by atoms with Gasteiger partial charge in [-0.3, -0.25) is 0 Å². The minimum Gasteiger partial charge on any atom is -0.489 e. The van der Waals surface area contributed by atoms with Crippen molar-refractivity contribution in [2.45, 2.75) is 37.7 Å². The summed E-state index contributed by atoms with van der Waals surface area (Å²) in [5, 5.41) is 0. The van der Waals surface area contributed by atoms with Crippen LogP contribution in [0.3, 0.4) is 0 Å². The molecule has 1 fully saturated rings. The van der Waals surface area contributed by atoms with Crippen molar-refractivity contribution in [1.82, 2.24) is 0 Å². The highest BCUT2D eigenvalue weighted by molar-refractivity contribution is 9.10. The Bertz CT molecular complexity index is 361. The lowest BCUT2D eigenvalue weighted by Gasteiger charge is -2.24. The normalized spacial score (nSPS) is 29.2. The molecule has 1 heterocycles. The van der Waals surface area contributed by atoms with Gasteiger partial charge in [0.25, 0.3) is 0 Å². The van der Waals surface area contributed by atoms with Gasteiger partial charge in [0.05, 0.1) is 0 Å². The van der Waals surface area contributed by atoms with E-state index < -0.39 is 0 Å². The molecule has 1 aliphatic heterocycles. The fourth-order valence-electron chi connectivity index (χ4n) is 2.71. The van der Waals surface area contributed by atoms with Crippen LogP contribution in [-0.4, -0.2) is 6.10 Å². The van der Waals surface area contributed by atoms with Crippen molar-refractivity contribution >= 4 is 15.9 Å². The second-order valence-electron chi connectivity index (χ2n) is 4.20. The van der Waals surface area contributed by atoms with E-state index in [0.717, 1.165) is 5.75 Å². The molecular formula is C12H13BrO. The first kappa shape index (κ1) is 8.78. The molecule has 2 heteroatoms. The van der Waals surface area contributed by atoms with Crippen molar-refractivity contribution in [1.29, 1.82) is 0 Å². The predicted octanol–water partition coefficient (Wildman–Crippen LogP) is 3.87. The van der Waals surface area contributed by atoms with E-state index in [1.54, 1.807) is 0 Å². The molecule has 0 radical (unpaired) electrons. The zero-order valence-electron chi connectivity index (χ0n) is 8.00. The van der Waals surface area contributed by atoms with Gasteiger partial charge in [-0.1, -0.05) is 28.4 Å². The van der Waals surface area contributed by atoms with Gasteiger partial charge in [0.2, 0.25) is 0 Å². The van der Waals surface area contributed by atoms with Crippen LogP contribution in [0.15, 0.2) is 22.7 Å². The smallest absolute Gasteiger partial charge is 0.124 e. The Balaban J connectivity index is 2.06. The maximum absolute atomic E-state index is 5.96. The Labute approximate surface area is 92.6 Å². The number of benzene rings is 1. The average molecular weight is 253 g/mol. The van der Waals surface area contributed by atoms with Crippen LogP contribution < -0.4 is 4.74 Å². The number of rotatable bonds is 0. The Morgan fingerprint density at radius 1 is 1.21 bits per heavy atom. The SMILES string of the molecule is Brc1cccc2c1C1CCCCC1O2. The molecule has 3 rings (SSSR count). The Morgan fingerprint density at radius 3 is 3.00 bits per heavy atom. The van der Waals surface area contributed by atoms with Crippen molar-refractivity contribution in [3.63, 3.8) is 0 Å². The van der Waals surface area contributed by atoms with Gasteiger partial charge < -0.3 is 4.74 Å². The van der Waals surface area contributed by atoms with Crippen LogP contribution in [0.4, 0.5) is 0 Å². The molecule has 1 saturated carbocycles. The van der Waals surface area contributed by atoms with E-state index in [4.69, 9.17) is 4.74 Å². The lowest BCUT2D eigenvalue weighted by atomic mass is 9.83. The van der Waals surface area contributed by atoms with Gasteiger partial charge in [-0.15, -0.1) is 0 Å². The van der Waals surface area contributed by atoms with Crippen LogP contribution in [0, 0.1) is 0 Å². The first-order valence-corrected chi connectivity index (χ1v) is 6.10. The van der Waals surface area contributed by atoms with Crippen molar-refractivity contribution in [2.24, 2.45) is 0 Å². The standard InChI is InChI=1S/C12H13BrO/c13-9-5-3-7-11-12(9)8-4-1-2-6-10(8)14-11/h3,5,7-8,10H,1-2,4,6H2. The summed E-state index contributed by atoms with van der Waals surface area (Å²) in [4.78, 5) is 0. The van der Waals surface area contributed by atoms with Crippen LogP contribution in [-0.2, 0) is 0 Å². The monoisotopic (exact) mass is 252 g/mol. The van der Waals surface area contributed by atoms with Gasteiger partial charge in [-0.05, 0) is 31.4 Å². The average Bonchev–Trinajstić information content (AvgIpc) is 2.57. The lowest BCUT2D eigenvalue weighted by molar-refractivity contribution is 0.164. The molecule has 1 aromatic rings. The van der Waals surface area contributed by atoms with Crippen LogP contribution in [0.2, 0.25) is 0 Å². The topological polar surface area (TPSA) is 9.23 Å². The quantitative estimate of drug-likeness (QED) is 0.682. The highest BCUT2D eigenvalue weighted by atomic mass is 79.9. The number of fused-ring (bicyclic) bond motifs is 3.